The fraction of sp³-hybridized carbons (Fsp3) is 0.278. The average Bonchev–Trinajstić information content (AvgIpc) is 3.09. The van der Waals surface area contributed by atoms with Gasteiger partial charge in [0.25, 0.3) is 5.91 Å². The van der Waals surface area contributed by atoms with E-state index >= 15 is 0 Å². The Kier molecular flexibility index (Phi) is 6.33. The lowest BCUT2D eigenvalue weighted by molar-refractivity contribution is -0.126. The summed E-state index contributed by atoms with van der Waals surface area (Å²) in [5, 5.41) is 9.38. The molecule has 0 bridgehead atoms. The number of nitrogens with one attached hydrogen (secondary N) is 2. The van der Waals surface area contributed by atoms with E-state index in [-0.39, 0.29) is 24.5 Å². The Morgan fingerprint density at radius 1 is 1.20 bits per heavy atom. The van der Waals surface area contributed by atoms with Crippen LogP contribution in [-0.4, -0.2) is 24.1 Å². The first-order valence-electron chi connectivity index (χ1n) is 7.83. The van der Waals surface area contributed by atoms with Crippen molar-refractivity contribution in [3.63, 3.8) is 0 Å². The van der Waals surface area contributed by atoms with Crippen molar-refractivity contribution in [1.29, 1.82) is 0 Å². The second kappa shape index (κ2) is 8.68. The molecular formula is C18H21N3O4. The second-order valence-corrected chi connectivity index (χ2v) is 5.51. The lowest BCUT2D eigenvalue weighted by Gasteiger charge is -2.10. The molecule has 1 aromatic carbocycles. The van der Waals surface area contributed by atoms with Crippen LogP contribution in [0, 0.1) is 0 Å². The van der Waals surface area contributed by atoms with Crippen LogP contribution in [0.2, 0.25) is 0 Å². The van der Waals surface area contributed by atoms with Crippen molar-refractivity contribution in [3.05, 3.63) is 54.0 Å². The first kappa shape index (κ1) is 18.3. The van der Waals surface area contributed by atoms with E-state index in [2.05, 4.69) is 15.8 Å². The lowest BCUT2D eigenvalue weighted by atomic mass is 10.1. The molecule has 0 radical (unpaired) electrons. The van der Waals surface area contributed by atoms with E-state index in [0.29, 0.717) is 17.2 Å². The van der Waals surface area contributed by atoms with E-state index in [4.69, 9.17) is 9.25 Å². The maximum absolute atomic E-state index is 11.8. The van der Waals surface area contributed by atoms with Gasteiger partial charge in [0, 0.05) is 12.6 Å². The van der Waals surface area contributed by atoms with Crippen LogP contribution in [0.25, 0.3) is 0 Å². The van der Waals surface area contributed by atoms with Gasteiger partial charge >= 0.3 is 0 Å². The third-order valence-corrected chi connectivity index (χ3v) is 3.37. The van der Waals surface area contributed by atoms with E-state index in [0.717, 1.165) is 5.56 Å². The molecule has 2 amide bonds. The molecule has 1 unspecified atom stereocenters. The summed E-state index contributed by atoms with van der Waals surface area (Å²) in [4.78, 5) is 27.9. The van der Waals surface area contributed by atoms with Crippen molar-refractivity contribution in [2.24, 2.45) is 5.16 Å². The van der Waals surface area contributed by atoms with Gasteiger partial charge in [-0.2, -0.15) is 0 Å². The van der Waals surface area contributed by atoms with Gasteiger partial charge < -0.3 is 19.9 Å². The van der Waals surface area contributed by atoms with Gasteiger partial charge in [-0.25, -0.2) is 0 Å². The van der Waals surface area contributed by atoms with Crippen molar-refractivity contribution in [1.82, 2.24) is 5.32 Å². The summed E-state index contributed by atoms with van der Waals surface area (Å²) in [6, 6.07) is 10.5. The van der Waals surface area contributed by atoms with Crippen molar-refractivity contribution in [3.8, 4) is 0 Å². The van der Waals surface area contributed by atoms with Gasteiger partial charge in [-0.15, -0.1) is 0 Å². The molecule has 0 aliphatic rings. The summed E-state index contributed by atoms with van der Waals surface area (Å²) in [6.07, 6.45) is 1.55. The lowest BCUT2D eigenvalue weighted by Crippen LogP contribution is -2.29. The fourth-order valence-corrected chi connectivity index (χ4v) is 2.13. The van der Waals surface area contributed by atoms with E-state index in [1.807, 2.05) is 19.1 Å². The number of furan rings is 1. The van der Waals surface area contributed by atoms with Crippen LogP contribution in [0.3, 0.4) is 0 Å². The Labute approximate surface area is 146 Å². The first-order valence-corrected chi connectivity index (χ1v) is 7.83. The maximum Gasteiger partial charge on any atom is 0.261 e. The summed E-state index contributed by atoms with van der Waals surface area (Å²) in [6.45, 7) is 4.86. The molecule has 0 fully saturated rings. The van der Waals surface area contributed by atoms with Crippen LogP contribution in [0.1, 0.15) is 38.1 Å². The quantitative estimate of drug-likeness (QED) is 0.597. The number of nitrogens with zero attached hydrogens (tertiary/aromatic N) is 1. The molecule has 25 heavy (non-hydrogen) atoms. The number of rotatable bonds is 7. The van der Waals surface area contributed by atoms with E-state index in [1.165, 1.54) is 6.92 Å². The van der Waals surface area contributed by atoms with Crippen LogP contribution in [-0.2, 0) is 14.4 Å². The highest BCUT2D eigenvalue weighted by atomic mass is 16.6. The molecule has 0 aliphatic carbocycles. The number of oxime groups is 1. The zero-order valence-corrected chi connectivity index (χ0v) is 14.4. The number of hydrogen-bond donors (Lipinski definition) is 2. The molecule has 1 aromatic heterocycles. The highest BCUT2D eigenvalue weighted by Gasteiger charge is 2.12. The van der Waals surface area contributed by atoms with Gasteiger partial charge in [0.05, 0.1) is 18.0 Å². The Bertz CT molecular complexity index is 736. The van der Waals surface area contributed by atoms with E-state index < -0.39 is 0 Å². The number of hydrogen-bond acceptors (Lipinski definition) is 5. The minimum atomic E-state index is -0.290. The fourth-order valence-electron chi connectivity index (χ4n) is 2.13. The number of amides is 2. The SMILES string of the molecule is CC(=O)Nc1ccc(/C(C)=N/OCC(=O)NC(C)c2ccco2)cc1. The van der Waals surface area contributed by atoms with Gasteiger partial charge in [-0.1, -0.05) is 17.3 Å². The smallest absolute Gasteiger partial charge is 0.261 e. The summed E-state index contributed by atoms with van der Waals surface area (Å²) in [5.74, 6) is 0.255. The molecule has 0 spiro atoms. The molecule has 7 heteroatoms. The van der Waals surface area contributed by atoms with E-state index in [1.54, 1.807) is 37.5 Å². The molecule has 0 saturated carbocycles. The van der Waals surface area contributed by atoms with Crippen LogP contribution in [0.5, 0.6) is 0 Å². The van der Waals surface area contributed by atoms with Gasteiger partial charge in [0.15, 0.2) is 6.61 Å². The molecule has 2 rings (SSSR count). The van der Waals surface area contributed by atoms with Crippen LogP contribution in [0.15, 0.2) is 52.2 Å². The summed E-state index contributed by atoms with van der Waals surface area (Å²) in [5.41, 5.74) is 2.16. The van der Waals surface area contributed by atoms with Gasteiger partial charge in [-0.3, -0.25) is 9.59 Å². The van der Waals surface area contributed by atoms with Crippen LogP contribution < -0.4 is 10.6 Å². The zero-order valence-electron chi connectivity index (χ0n) is 14.4. The number of carbonyl (C=O) groups is 2. The van der Waals surface area contributed by atoms with Crippen molar-refractivity contribution >= 4 is 23.2 Å². The normalized spacial score (nSPS) is 12.4. The van der Waals surface area contributed by atoms with Crippen molar-refractivity contribution < 1.29 is 18.8 Å². The molecular weight excluding hydrogens is 322 g/mol. The monoisotopic (exact) mass is 343 g/mol. The second-order valence-electron chi connectivity index (χ2n) is 5.51. The maximum atomic E-state index is 11.8. The molecule has 1 heterocycles. The molecule has 7 nitrogen and oxygen atoms in total. The standard InChI is InChI=1S/C18H21N3O4/c1-12(15-6-8-16(9-7-15)20-14(3)22)21-25-11-18(23)19-13(2)17-5-4-10-24-17/h4-10,13H,11H2,1-3H3,(H,19,23)(H,20,22)/b21-12+. The summed E-state index contributed by atoms with van der Waals surface area (Å²) >= 11 is 0. The van der Waals surface area contributed by atoms with Crippen LogP contribution >= 0.6 is 0 Å². The number of benzene rings is 1. The third-order valence-electron chi connectivity index (χ3n) is 3.37. The van der Waals surface area contributed by atoms with Crippen LogP contribution in [0.4, 0.5) is 5.69 Å². The Balaban J connectivity index is 1.82. The van der Waals surface area contributed by atoms with Gasteiger partial charge in [-0.05, 0) is 43.7 Å². The highest BCUT2D eigenvalue weighted by molar-refractivity contribution is 5.99. The predicted octanol–water partition coefficient (Wildman–Crippen LogP) is 2.86. The Hall–Kier alpha value is -3.09. The Morgan fingerprint density at radius 3 is 2.52 bits per heavy atom. The molecule has 1 atom stereocenters. The molecule has 0 saturated heterocycles. The predicted molar refractivity (Wildman–Crippen MR) is 94.2 cm³/mol. The zero-order chi connectivity index (χ0) is 18.2. The van der Waals surface area contributed by atoms with Gasteiger partial charge in [0.1, 0.15) is 5.76 Å². The number of carbonyl (C=O) groups excluding carboxylic acids is 2. The summed E-state index contributed by atoms with van der Waals surface area (Å²) < 4.78 is 5.22. The largest absolute Gasteiger partial charge is 0.467 e. The van der Waals surface area contributed by atoms with E-state index in [9.17, 15) is 9.59 Å². The van der Waals surface area contributed by atoms with Gasteiger partial charge in [0.2, 0.25) is 5.91 Å². The minimum Gasteiger partial charge on any atom is -0.467 e. The third kappa shape index (κ3) is 5.80. The summed E-state index contributed by atoms with van der Waals surface area (Å²) in [7, 11) is 0. The average molecular weight is 343 g/mol. The molecule has 0 aliphatic heterocycles. The van der Waals surface area contributed by atoms with Crippen molar-refractivity contribution in [2.45, 2.75) is 26.8 Å². The molecule has 132 valence electrons. The molecule has 2 N–H and O–H groups in total. The minimum absolute atomic E-state index is 0.128. The Morgan fingerprint density at radius 2 is 1.92 bits per heavy atom. The number of anilines is 1. The molecule has 2 aromatic rings. The topological polar surface area (TPSA) is 92.9 Å². The highest BCUT2D eigenvalue weighted by Crippen LogP contribution is 2.12. The first-order chi connectivity index (χ1) is 12.0. The van der Waals surface area contributed by atoms with Crippen molar-refractivity contribution in [2.75, 3.05) is 11.9 Å².